The van der Waals surface area contributed by atoms with Crippen LogP contribution in [0.5, 0.6) is 0 Å². The van der Waals surface area contributed by atoms with E-state index >= 15 is 0 Å². The van der Waals surface area contributed by atoms with Gasteiger partial charge in [0, 0.05) is 36.8 Å². The lowest BCUT2D eigenvalue weighted by molar-refractivity contribution is 0.0607. The molecule has 3 aliphatic rings. The minimum atomic E-state index is 0.131. The number of piperidine rings is 2. The molecule has 0 aliphatic carbocycles. The van der Waals surface area contributed by atoms with Crippen molar-refractivity contribution in [3.05, 3.63) is 102 Å². The molecular weight excluding hydrogens is 480 g/mol. The van der Waals surface area contributed by atoms with Crippen molar-refractivity contribution in [1.82, 2.24) is 19.4 Å². The van der Waals surface area contributed by atoms with Crippen molar-refractivity contribution in [2.75, 3.05) is 19.6 Å². The highest BCUT2D eigenvalue weighted by atomic mass is 16.2. The van der Waals surface area contributed by atoms with E-state index in [9.17, 15) is 4.79 Å². The standard InChI is InChI=1S/C34H38N4O/c39-33(26-9-3-1-4-10-26)36-20-17-34(18-21-36,27-11-5-2-6-12-27)19-22-37-28-15-16-29(37)24-30(23-28)38-25-35-31-13-7-8-14-32(31)38/h1-14,25,28-30H,15-24H2. The van der Waals surface area contributed by atoms with Crippen molar-refractivity contribution in [2.24, 2.45) is 0 Å². The van der Waals surface area contributed by atoms with E-state index in [0.717, 1.165) is 50.0 Å². The van der Waals surface area contributed by atoms with Gasteiger partial charge in [-0.1, -0.05) is 60.7 Å². The van der Waals surface area contributed by atoms with Crippen LogP contribution in [-0.2, 0) is 5.41 Å². The molecule has 2 bridgehead atoms. The number of nitrogens with zero attached hydrogens (tertiary/aromatic N) is 4. The number of hydrogen-bond acceptors (Lipinski definition) is 3. The molecule has 4 heterocycles. The van der Waals surface area contributed by atoms with Gasteiger partial charge in [0.2, 0.25) is 0 Å². The number of fused-ring (bicyclic) bond motifs is 3. The Kier molecular flexibility index (Phi) is 6.48. The average molecular weight is 519 g/mol. The Hall–Kier alpha value is -3.44. The van der Waals surface area contributed by atoms with Gasteiger partial charge < -0.3 is 9.47 Å². The normalized spacial score (nSPS) is 24.7. The van der Waals surface area contributed by atoms with E-state index in [1.54, 1.807) is 0 Å². The molecule has 2 unspecified atom stereocenters. The van der Waals surface area contributed by atoms with Gasteiger partial charge in [0.1, 0.15) is 0 Å². The zero-order chi connectivity index (χ0) is 26.2. The molecule has 200 valence electrons. The number of aromatic nitrogens is 2. The number of carbonyl (C=O) groups is 1. The van der Waals surface area contributed by atoms with Gasteiger partial charge in [-0.2, -0.15) is 0 Å². The van der Waals surface area contributed by atoms with E-state index in [1.165, 1.54) is 36.8 Å². The Morgan fingerprint density at radius 2 is 1.44 bits per heavy atom. The maximum atomic E-state index is 13.2. The van der Waals surface area contributed by atoms with Crippen LogP contribution in [0.3, 0.4) is 0 Å². The summed E-state index contributed by atoms with van der Waals surface area (Å²) in [6.07, 6.45) is 10.3. The molecule has 1 aromatic heterocycles. The highest BCUT2D eigenvalue weighted by molar-refractivity contribution is 5.94. The van der Waals surface area contributed by atoms with Gasteiger partial charge in [-0.25, -0.2) is 4.98 Å². The Morgan fingerprint density at radius 3 is 2.15 bits per heavy atom. The quantitative estimate of drug-likeness (QED) is 0.294. The topological polar surface area (TPSA) is 41.4 Å². The summed E-state index contributed by atoms with van der Waals surface area (Å²) in [5, 5.41) is 0. The van der Waals surface area contributed by atoms with Gasteiger partial charge in [-0.3, -0.25) is 9.69 Å². The summed E-state index contributed by atoms with van der Waals surface area (Å²) in [5.41, 5.74) is 4.76. The molecular formula is C34H38N4O. The predicted molar refractivity (Wildman–Crippen MR) is 156 cm³/mol. The fraction of sp³-hybridized carbons (Fsp3) is 0.412. The Balaban J connectivity index is 1.06. The largest absolute Gasteiger partial charge is 0.339 e. The number of hydrogen-bond donors (Lipinski definition) is 0. The number of likely N-dealkylation sites (tertiary alicyclic amines) is 1. The average Bonchev–Trinajstić information content (AvgIpc) is 3.54. The van der Waals surface area contributed by atoms with Crippen LogP contribution >= 0.6 is 0 Å². The SMILES string of the molecule is O=C(c1ccccc1)N1CCC(CCN2C3CCC2CC(n2cnc4ccccc42)C3)(c2ccccc2)CC1. The number of carbonyl (C=O) groups excluding carboxylic acids is 1. The molecule has 0 saturated carbocycles. The molecule has 3 aromatic carbocycles. The smallest absolute Gasteiger partial charge is 0.253 e. The number of amides is 1. The van der Waals surface area contributed by atoms with Crippen molar-refractivity contribution in [1.29, 1.82) is 0 Å². The second-order valence-electron chi connectivity index (χ2n) is 11.9. The summed E-state index contributed by atoms with van der Waals surface area (Å²) in [4.78, 5) is 22.8. The lowest BCUT2D eigenvalue weighted by Gasteiger charge is -2.45. The van der Waals surface area contributed by atoms with Crippen molar-refractivity contribution >= 4 is 16.9 Å². The van der Waals surface area contributed by atoms with Crippen LogP contribution in [0.15, 0.2) is 91.3 Å². The molecule has 4 aromatic rings. The fourth-order valence-corrected chi connectivity index (χ4v) is 7.83. The minimum Gasteiger partial charge on any atom is -0.339 e. The monoisotopic (exact) mass is 518 g/mol. The van der Waals surface area contributed by atoms with Crippen LogP contribution < -0.4 is 0 Å². The first kappa shape index (κ1) is 24.6. The summed E-state index contributed by atoms with van der Waals surface area (Å²) < 4.78 is 2.45. The van der Waals surface area contributed by atoms with Crippen molar-refractivity contribution in [3.8, 4) is 0 Å². The van der Waals surface area contributed by atoms with Crippen LogP contribution in [0, 0.1) is 0 Å². The second-order valence-corrected chi connectivity index (χ2v) is 11.9. The molecule has 39 heavy (non-hydrogen) atoms. The third-order valence-electron chi connectivity index (χ3n) is 10.00. The molecule has 0 N–H and O–H groups in total. The third-order valence-corrected chi connectivity index (χ3v) is 10.00. The Bertz CT molecular complexity index is 1410. The summed E-state index contributed by atoms with van der Waals surface area (Å²) in [5.74, 6) is 0.171. The lowest BCUT2D eigenvalue weighted by atomic mass is 9.70. The molecule has 5 nitrogen and oxygen atoms in total. The molecule has 1 amide bonds. The van der Waals surface area contributed by atoms with Gasteiger partial charge in [-0.15, -0.1) is 0 Å². The third kappa shape index (κ3) is 4.57. The van der Waals surface area contributed by atoms with Gasteiger partial charge in [0.05, 0.1) is 17.4 Å². The highest BCUT2D eigenvalue weighted by Gasteiger charge is 2.44. The highest BCUT2D eigenvalue weighted by Crippen LogP contribution is 2.44. The summed E-state index contributed by atoms with van der Waals surface area (Å²) in [6.45, 7) is 2.80. The molecule has 5 heteroatoms. The van der Waals surface area contributed by atoms with E-state index in [-0.39, 0.29) is 11.3 Å². The van der Waals surface area contributed by atoms with E-state index < -0.39 is 0 Å². The van der Waals surface area contributed by atoms with E-state index in [4.69, 9.17) is 0 Å². The summed E-state index contributed by atoms with van der Waals surface area (Å²) in [6, 6.07) is 31.3. The summed E-state index contributed by atoms with van der Waals surface area (Å²) >= 11 is 0. The van der Waals surface area contributed by atoms with Gasteiger partial charge >= 0.3 is 0 Å². The van der Waals surface area contributed by atoms with Crippen molar-refractivity contribution in [2.45, 2.75) is 68.5 Å². The first-order chi connectivity index (χ1) is 19.2. The van der Waals surface area contributed by atoms with Crippen molar-refractivity contribution < 1.29 is 4.79 Å². The van der Waals surface area contributed by atoms with Crippen molar-refractivity contribution in [3.63, 3.8) is 0 Å². The fourth-order valence-electron chi connectivity index (χ4n) is 7.83. The summed E-state index contributed by atoms with van der Waals surface area (Å²) in [7, 11) is 0. The molecule has 3 aliphatic heterocycles. The molecule has 2 atom stereocenters. The number of rotatable bonds is 6. The van der Waals surface area contributed by atoms with Crippen LogP contribution in [0.1, 0.15) is 66.9 Å². The van der Waals surface area contributed by atoms with Gasteiger partial charge in [0.25, 0.3) is 5.91 Å². The zero-order valence-corrected chi connectivity index (χ0v) is 22.7. The number of para-hydroxylation sites is 2. The first-order valence-corrected chi connectivity index (χ1v) is 14.8. The van der Waals surface area contributed by atoms with E-state index in [0.29, 0.717) is 18.1 Å². The van der Waals surface area contributed by atoms with Gasteiger partial charge in [-0.05, 0) is 86.7 Å². The molecule has 0 spiro atoms. The molecule has 3 saturated heterocycles. The minimum absolute atomic E-state index is 0.131. The number of benzene rings is 3. The molecule has 3 fully saturated rings. The second kappa shape index (κ2) is 10.3. The van der Waals surface area contributed by atoms with Crippen LogP contribution in [0.25, 0.3) is 11.0 Å². The van der Waals surface area contributed by atoms with Gasteiger partial charge in [0.15, 0.2) is 0 Å². The first-order valence-electron chi connectivity index (χ1n) is 14.8. The zero-order valence-electron chi connectivity index (χ0n) is 22.7. The van der Waals surface area contributed by atoms with Crippen LogP contribution in [0.2, 0.25) is 0 Å². The Morgan fingerprint density at radius 1 is 0.795 bits per heavy atom. The van der Waals surface area contributed by atoms with E-state index in [2.05, 4.69) is 80.3 Å². The molecule has 0 radical (unpaired) electrons. The maximum Gasteiger partial charge on any atom is 0.253 e. The van der Waals surface area contributed by atoms with Crippen LogP contribution in [0.4, 0.5) is 0 Å². The Labute approximate surface area is 231 Å². The maximum absolute atomic E-state index is 13.2. The predicted octanol–water partition coefficient (Wildman–Crippen LogP) is 6.47. The van der Waals surface area contributed by atoms with Crippen LogP contribution in [-0.4, -0.2) is 57.0 Å². The lowest BCUT2D eigenvalue weighted by Crippen LogP contribution is -2.49. The van der Waals surface area contributed by atoms with E-state index in [1.807, 2.05) is 30.3 Å². The molecule has 7 rings (SSSR count). The number of imidazole rings is 1.